The molecule has 2 aromatic carbocycles. The topological polar surface area (TPSA) is 147 Å². The molecule has 2 unspecified atom stereocenters. The van der Waals surface area contributed by atoms with E-state index in [2.05, 4.69) is 63.2 Å². The third-order valence-corrected chi connectivity index (χ3v) is 7.20. The Hall–Kier alpha value is -3.31. The highest BCUT2D eigenvalue weighted by atomic mass is 32.1. The molecule has 1 aromatic heterocycles. The van der Waals surface area contributed by atoms with Gasteiger partial charge in [-0.1, -0.05) is 32.9 Å². The SMILES string of the molecule is CCc1cccc(C(=O)Nc2ccc3sc(C)c(CCN(C)CC(C)C)c3c2)c1.O=C(O)C(O)C(O)C(=O)O. The Balaban J connectivity index is 0.000000455. The van der Waals surface area contributed by atoms with E-state index in [0.29, 0.717) is 11.5 Å². The second-order valence-electron chi connectivity index (χ2n) is 9.83. The normalized spacial score (nSPS) is 12.6. The molecule has 39 heavy (non-hydrogen) atoms. The van der Waals surface area contributed by atoms with Crippen molar-refractivity contribution in [1.82, 2.24) is 4.90 Å². The maximum Gasteiger partial charge on any atom is 0.335 e. The van der Waals surface area contributed by atoms with Crippen molar-refractivity contribution in [2.45, 2.75) is 52.7 Å². The molecule has 10 heteroatoms. The van der Waals surface area contributed by atoms with Gasteiger partial charge in [-0.3, -0.25) is 4.79 Å². The number of nitrogens with zero attached hydrogens (tertiary/aromatic N) is 1. The van der Waals surface area contributed by atoms with Crippen LogP contribution in [-0.4, -0.2) is 75.5 Å². The van der Waals surface area contributed by atoms with E-state index in [4.69, 9.17) is 20.4 Å². The van der Waals surface area contributed by atoms with Gasteiger partial charge in [-0.05, 0) is 79.6 Å². The highest BCUT2D eigenvalue weighted by Crippen LogP contribution is 2.33. The van der Waals surface area contributed by atoms with Crippen molar-refractivity contribution in [3.05, 3.63) is 64.0 Å². The number of aliphatic hydroxyl groups excluding tert-OH is 2. The summed E-state index contributed by atoms with van der Waals surface area (Å²) in [5.41, 5.74) is 4.15. The number of aliphatic hydroxyl groups is 2. The van der Waals surface area contributed by atoms with Gasteiger partial charge in [0.05, 0.1) is 0 Å². The fraction of sp³-hybridized carbons (Fsp3) is 0.414. The lowest BCUT2D eigenvalue weighted by atomic mass is 10.1. The summed E-state index contributed by atoms with van der Waals surface area (Å²) in [6, 6.07) is 14.1. The first-order valence-corrected chi connectivity index (χ1v) is 13.6. The van der Waals surface area contributed by atoms with Crippen LogP contribution in [0.1, 0.15) is 47.1 Å². The molecule has 9 nitrogen and oxygen atoms in total. The first-order chi connectivity index (χ1) is 18.3. The summed E-state index contributed by atoms with van der Waals surface area (Å²) in [5.74, 6) is -2.91. The summed E-state index contributed by atoms with van der Waals surface area (Å²) in [6.45, 7) is 11.0. The molecule has 0 aliphatic rings. The van der Waals surface area contributed by atoms with Crippen LogP contribution in [0.3, 0.4) is 0 Å². The van der Waals surface area contributed by atoms with Crippen LogP contribution in [0.4, 0.5) is 5.69 Å². The maximum absolute atomic E-state index is 12.7. The van der Waals surface area contributed by atoms with Gasteiger partial charge in [0.15, 0.2) is 12.2 Å². The van der Waals surface area contributed by atoms with Crippen molar-refractivity contribution in [1.29, 1.82) is 0 Å². The lowest BCUT2D eigenvalue weighted by Crippen LogP contribution is -2.39. The van der Waals surface area contributed by atoms with Crippen LogP contribution in [0, 0.1) is 12.8 Å². The Morgan fingerprint density at radius 3 is 2.21 bits per heavy atom. The van der Waals surface area contributed by atoms with E-state index >= 15 is 0 Å². The number of fused-ring (bicyclic) bond motifs is 1. The van der Waals surface area contributed by atoms with Gasteiger partial charge in [0.2, 0.25) is 0 Å². The standard InChI is InChI=1S/C25H32N2OS.C4H6O6/c1-6-19-8-7-9-20(14-19)25(28)26-21-10-11-24-23(15-21)22(18(4)29-24)12-13-27(5)16-17(2)3;5-1(3(7)8)2(6)4(9)10/h7-11,14-15,17H,6,12-13,16H2,1-5H3,(H,26,28);1-2,5-6H,(H,7,8)(H,9,10). The molecule has 0 bridgehead atoms. The zero-order chi connectivity index (χ0) is 29.3. The van der Waals surface area contributed by atoms with Gasteiger partial charge < -0.3 is 30.6 Å². The van der Waals surface area contributed by atoms with Crippen LogP contribution in [0.2, 0.25) is 0 Å². The predicted molar refractivity (Wildman–Crippen MR) is 154 cm³/mol. The van der Waals surface area contributed by atoms with Crippen molar-refractivity contribution in [2.75, 3.05) is 25.5 Å². The van der Waals surface area contributed by atoms with Crippen LogP contribution >= 0.6 is 11.3 Å². The summed E-state index contributed by atoms with van der Waals surface area (Å²) in [5, 5.41) is 36.9. The second kappa shape index (κ2) is 14.7. The van der Waals surface area contributed by atoms with E-state index in [1.165, 1.54) is 26.1 Å². The number of carbonyl (C=O) groups excluding carboxylic acids is 1. The van der Waals surface area contributed by atoms with Crippen molar-refractivity contribution < 1.29 is 34.8 Å². The summed E-state index contributed by atoms with van der Waals surface area (Å²) < 4.78 is 1.29. The number of likely N-dealkylation sites (N-methyl/N-ethyl adjacent to an activating group) is 1. The van der Waals surface area contributed by atoms with Gasteiger partial charge in [-0.15, -0.1) is 11.3 Å². The Kier molecular flexibility index (Phi) is 12.1. The smallest absolute Gasteiger partial charge is 0.335 e. The molecule has 3 aromatic rings. The highest BCUT2D eigenvalue weighted by Gasteiger charge is 2.29. The van der Waals surface area contributed by atoms with E-state index in [9.17, 15) is 14.4 Å². The molecule has 0 aliphatic carbocycles. The molecule has 5 N–H and O–H groups in total. The molecule has 0 saturated carbocycles. The van der Waals surface area contributed by atoms with Crippen molar-refractivity contribution in [3.8, 4) is 0 Å². The fourth-order valence-corrected chi connectivity index (χ4v) is 5.18. The molecule has 212 valence electrons. The highest BCUT2D eigenvalue weighted by molar-refractivity contribution is 7.19. The molecule has 0 spiro atoms. The minimum absolute atomic E-state index is 0.0511. The van der Waals surface area contributed by atoms with E-state index in [0.717, 1.165) is 31.6 Å². The van der Waals surface area contributed by atoms with Gasteiger partial charge in [-0.2, -0.15) is 0 Å². The number of nitrogens with one attached hydrogen (secondary N) is 1. The second-order valence-corrected chi connectivity index (χ2v) is 11.1. The fourth-order valence-electron chi connectivity index (χ4n) is 4.08. The van der Waals surface area contributed by atoms with Gasteiger partial charge in [0.1, 0.15) is 0 Å². The van der Waals surface area contributed by atoms with E-state index in [1.54, 1.807) is 0 Å². The molecule has 0 radical (unpaired) electrons. The largest absolute Gasteiger partial charge is 0.479 e. The molecule has 0 saturated heterocycles. The van der Waals surface area contributed by atoms with Crippen LogP contribution in [0.5, 0.6) is 0 Å². The number of carboxylic acid groups (broad SMARTS) is 2. The van der Waals surface area contributed by atoms with Crippen LogP contribution in [0.25, 0.3) is 10.1 Å². The number of anilines is 1. The molecule has 0 aliphatic heterocycles. The van der Waals surface area contributed by atoms with Crippen LogP contribution in [-0.2, 0) is 22.4 Å². The number of aryl methyl sites for hydroxylation is 2. The average Bonchev–Trinajstić information content (AvgIpc) is 3.20. The molecule has 1 amide bonds. The molecule has 1 heterocycles. The van der Waals surface area contributed by atoms with E-state index < -0.39 is 24.1 Å². The van der Waals surface area contributed by atoms with Gasteiger partial charge in [0, 0.05) is 33.9 Å². The number of aliphatic carboxylic acids is 2. The third-order valence-electron chi connectivity index (χ3n) is 6.07. The van der Waals surface area contributed by atoms with E-state index in [-0.39, 0.29) is 5.91 Å². The van der Waals surface area contributed by atoms with Gasteiger partial charge in [-0.25, -0.2) is 9.59 Å². The van der Waals surface area contributed by atoms with Gasteiger partial charge >= 0.3 is 11.9 Å². The van der Waals surface area contributed by atoms with Crippen molar-refractivity contribution >= 4 is 45.0 Å². The zero-order valence-corrected chi connectivity index (χ0v) is 23.8. The minimum atomic E-state index is -2.27. The first kappa shape index (κ1) is 31.9. The third kappa shape index (κ3) is 9.43. The quantitative estimate of drug-likeness (QED) is 0.237. The molecular formula is C29H38N2O7S. The number of rotatable bonds is 11. The maximum atomic E-state index is 12.7. The monoisotopic (exact) mass is 558 g/mol. The summed E-state index contributed by atoms with van der Waals surface area (Å²) in [7, 11) is 2.19. The molecule has 0 fully saturated rings. The van der Waals surface area contributed by atoms with Crippen molar-refractivity contribution in [3.63, 3.8) is 0 Å². The lowest BCUT2D eigenvalue weighted by molar-refractivity contribution is -0.165. The predicted octanol–water partition coefficient (Wildman–Crippen LogP) is 4.03. The first-order valence-electron chi connectivity index (χ1n) is 12.8. The number of amides is 1. The number of carboxylic acids is 2. The molecule has 3 rings (SSSR count). The summed E-state index contributed by atoms with van der Waals surface area (Å²) >= 11 is 1.84. The average molecular weight is 559 g/mol. The van der Waals surface area contributed by atoms with Crippen LogP contribution < -0.4 is 5.32 Å². The van der Waals surface area contributed by atoms with Gasteiger partial charge in [0.25, 0.3) is 5.91 Å². The summed E-state index contributed by atoms with van der Waals surface area (Å²) in [4.78, 5) is 36.0. The molecule has 2 atom stereocenters. The van der Waals surface area contributed by atoms with Crippen LogP contribution in [0.15, 0.2) is 42.5 Å². The minimum Gasteiger partial charge on any atom is -0.479 e. The number of hydrogen-bond donors (Lipinski definition) is 5. The lowest BCUT2D eigenvalue weighted by Gasteiger charge is -2.18. The zero-order valence-electron chi connectivity index (χ0n) is 23.0. The Labute approximate surface area is 232 Å². The summed E-state index contributed by atoms with van der Waals surface area (Å²) in [6.07, 6.45) is -2.57. The van der Waals surface area contributed by atoms with E-state index in [1.807, 2.05) is 35.6 Å². The number of benzene rings is 2. The Morgan fingerprint density at radius 1 is 1.00 bits per heavy atom. The number of thiophene rings is 1. The Morgan fingerprint density at radius 2 is 1.64 bits per heavy atom. The number of carbonyl (C=O) groups is 3. The Bertz CT molecular complexity index is 1270. The van der Waals surface area contributed by atoms with Crippen molar-refractivity contribution in [2.24, 2.45) is 5.92 Å². The molecular weight excluding hydrogens is 520 g/mol. The number of hydrogen-bond acceptors (Lipinski definition) is 7.